The molecule has 1 fully saturated rings. The molecule has 184 valence electrons. The van der Waals surface area contributed by atoms with Crippen molar-refractivity contribution in [2.24, 2.45) is 0 Å². The topological polar surface area (TPSA) is 76.0 Å². The Kier molecular flexibility index (Phi) is 6.55. The number of hydrogen-bond acceptors (Lipinski definition) is 4. The van der Waals surface area contributed by atoms with E-state index in [1.807, 2.05) is 19.3 Å². The molecule has 1 atom stereocenters. The minimum atomic E-state index is -0.469. The zero-order valence-corrected chi connectivity index (χ0v) is 20.9. The van der Waals surface area contributed by atoms with E-state index in [1.54, 1.807) is 13.2 Å². The number of nitrogens with zero attached hydrogens (tertiary/aromatic N) is 3. The largest absolute Gasteiger partial charge is 0.496 e. The second-order valence-electron chi connectivity index (χ2n) is 9.35. The Morgan fingerprint density at radius 3 is 2.77 bits per heavy atom. The van der Waals surface area contributed by atoms with Crippen LogP contribution in [0.1, 0.15) is 68.3 Å². The van der Waals surface area contributed by atoms with E-state index in [0.717, 1.165) is 65.5 Å². The number of pyridine rings is 1. The van der Waals surface area contributed by atoms with Crippen molar-refractivity contribution in [3.63, 3.8) is 0 Å². The Hall–Kier alpha value is -2.90. The fraction of sp³-hybridized carbons (Fsp3) is 0.407. The fourth-order valence-corrected chi connectivity index (χ4v) is 5.58. The van der Waals surface area contributed by atoms with Gasteiger partial charge in [-0.05, 0) is 55.9 Å². The molecule has 1 saturated carbocycles. The third-order valence-corrected chi connectivity index (χ3v) is 7.65. The second kappa shape index (κ2) is 9.63. The van der Waals surface area contributed by atoms with Gasteiger partial charge in [0.15, 0.2) is 0 Å². The van der Waals surface area contributed by atoms with Crippen LogP contribution in [0.5, 0.6) is 5.75 Å². The molecule has 4 aromatic rings. The molecule has 0 aliphatic heterocycles. The molecule has 6 nitrogen and oxygen atoms in total. The number of aromatic nitrogens is 4. The number of hydrogen-bond donors (Lipinski definition) is 2. The van der Waals surface area contributed by atoms with Crippen molar-refractivity contribution < 1.29 is 14.2 Å². The summed E-state index contributed by atoms with van der Waals surface area (Å²) in [6, 6.07) is 5.36. The van der Waals surface area contributed by atoms with Crippen molar-refractivity contribution in [3.8, 4) is 16.9 Å². The highest BCUT2D eigenvalue weighted by atomic mass is 35.5. The first kappa shape index (κ1) is 23.8. The number of methoxy groups -OCH3 is 1. The minimum absolute atomic E-state index is 0.0717. The quantitative estimate of drug-likeness (QED) is 0.323. The van der Waals surface area contributed by atoms with E-state index in [4.69, 9.17) is 21.4 Å². The molecule has 1 aliphatic rings. The van der Waals surface area contributed by atoms with Gasteiger partial charge in [0.25, 0.3) is 0 Å². The zero-order chi connectivity index (χ0) is 24.7. The fourth-order valence-electron chi connectivity index (χ4n) is 5.26. The van der Waals surface area contributed by atoms with Gasteiger partial charge in [0.1, 0.15) is 17.2 Å². The normalized spacial score (nSPS) is 19.3. The third kappa shape index (κ3) is 4.32. The number of nitrogens with one attached hydrogen (secondary N) is 1. The van der Waals surface area contributed by atoms with Gasteiger partial charge in [-0.2, -0.15) is 5.10 Å². The summed E-state index contributed by atoms with van der Waals surface area (Å²) in [5, 5.41) is 15.8. The standard InChI is InChI=1S/C27H30ClFN4O2/c1-4-23-21(14-33(32-23)17-5-7-18(34)8-6-17)16-11-19-20(13-31-27(19)30-12-16)15(2)25-24(35-3)10-9-22(29)26(25)28/h9-15,17-18,34H,4-8H2,1-3H3,(H,30,31). The summed E-state index contributed by atoms with van der Waals surface area (Å²) in [7, 11) is 1.56. The number of aliphatic hydroxyl groups excluding tert-OH is 1. The van der Waals surface area contributed by atoms with Gasteiger partial charge in [-0.3, -0.25) is 4.68 Å². The summed E-state index contributed by atoms with van der Waals surface area (Å²) < 4.78 is 21.9. The molecule has 1 aliphatic carbocycles. The minimum Gasteiger partial charge on any atom is -0.496 e. The van der Waals surface area contributed by atoms with E-state index < -0.39 is 5.82 Å². The number of aromatic amines is 1. The Morgan fingerprint density at radius 1 is 1.29 bits per heavy atom. The number of aryl methyl sites for hydroxylation is 1. The number of H-pyrrole nitrogens is 1. The molecule has 35 heavy (non-hydrogen) atoms. The van der Waals surface area contributed by atoms with Gasteiger partial charge in [0, 0.05) is 46.6 Å². The highest BCUT2D eigenvalue weighted by Gasteiger charge is 2.25. The second-order valence-corrected chi connectivity index (χ2v) is 9.73. The van der Waals surface area contributed by atoms with Gasteiger partial charge in [0.05, 0.1) is 30.0 Å². The third-order valence-electron chi connectivity index (χ3n) is 7.27. The lowest BCUT2D eigenvalue weighted by molar-refractivity contribution is 0.108. The maximum Gasteiger partial charge on any atom is 0.142 e. The molecule has 3 aromatic heterocycles. The number of rotatable bonds is 6. The summed E-state index contributed by atoms with van der Waals surface area (Å²) in [6.45, 7) is 4.10. The Bertz CT molecular complexity index is 1360. The first-order valence-electron chi connectivity index (χ1n) is 12.2. The summed E-state index contributed by atoms with van der Waals surface area (Å²) in [4.78, 5) is 7.93. The number of halogens is 2. The first-order chi connectivity index (χ1) is 16.9. The van der Waals surface area contributed by atoms with Gasteiger partial charge < -0.3 is 14.8 Å². The zero-order valence-electron chi connectivity index (χ0n) is 20.2. The lowest BCUT2D eigenvalue weighted by Gasteiger charge is -2.25. The van der Waals surface area contributed by atoms with E-state index in [0.29, 0.717) is 17.4 Å². The smallest absolute Gasteiger partial charge is 0.142 e. The van der Waals surface area contributed by atoms with Crippen LogP contribution in [0, 0.1) is 5.82 Å². The predicted octanol–water partition coefficient (Wildman–Crippen LogP) is 6.42. The Labute approximate surface area is 209 Å². The van der Waals surface area contributed by atoms with Crippen LogP contribution >= 0.6 is 11.6 Å². The monoisotopic (exact) mass is 496 g/mol. The lowest BCUT2D eigenvalue weighted by Crippen LogP contribution is -2.21. The summed E-state index contributed by atoms with van der Waals surface area (Å²) in [6.07, 6.45) is 9.98. The number of ether oxygens (including phenoxy) is 1. The van der Waals surface area contributed by atoms with E-state index in [2.05, 4.69) is 33.8 Å². The van der Waals surface area contributed by atoms with Crippen LogP contribution in [0.4, 0.5) is 4.39 Å². The maximum atomic E-state index is 14.3. The number of fused-ring (bicyclic) bond motifs is 1. The Morgan fingerprint density at radius 2 is 2.06 bits per heavy atom. The Balaban J connectivity index is 1.55. The van der Waals surface area contributed by atoms with Crippen molar-refractivity contribution in [1.82, 2.24) is 19.7 Å². The van der Waals surface area contributed by atoms with Crippen LogP contribution in [0.2, 0.25) is 5.02 Å². The summed E-state index contributed by atoms with van der Waals surface area (Å²) in [5.41, 5.74) is 5.41. The highest BCUT2D eigenvalue weighted by molar-refractivity contribution is 6.31. The van der Waals surface area contributed by atoms with Crippen molar-refractivity contribution in [1.29, 1.82) is 0 Å². The molecule has 0 bridgehead atoms. The highest BCUT2D eigenvalue weighted by Crippen LogP contribution is 2.41. The molecule has 3 heterocycles. The van der Waals surface area contributed by atoms with Crippen molar-refractivity contribution in [2.45, 2.75) is 64.0 Å². The average molecular weight is 497 g/mol. The van der Waals surface area contributed by atoms with E-state index in [-0.39, 0.29) is 17.0 Å². The van der Waals surface area contributed by atoms with Gasteiger partial charge in [-0.15, -0.1) is 0 Å². The van der Waals surface area contributed by atoms with Crippen LogP contribution in [0.25, 0.3) is 22.2 Å². The molecule has 0 spiro atoms. The van der Waals surface area contributed by atoms with Gasteiger partial charge in [0.2, 0.25) is 0 Å². The molecule has 0 amide bonds. The van der Waals surface area contributed by atoms with Crippen molar-refractivity contribution >= 4 is 22.6 Å². The lowest BCUT2D eigenvalue weighted by atomic mass is 9.91. The van der Waals surface area contributed by atoms with Gasteiger partial charge in [-0.25, -0.2) is 9.37 Å². The predicted molar refractivity (Wildman–Crippen MR) is 136 cm³/mol. The van der Waals surface area contributed by atoms with Crippen LogP contribution in [0.3, 0.4) is 0 Å². The summed E-state index contributed by atoms with van der Waals surface area (Å²) in [5.74, 6) is -0.140. The van der Waals surface area contributed by atoms with Gasteiger partial charge >= 0.3 is 0 Å². The van der Waals surface area contributed by atoms with E-state index >= 15 is 0 Å². The van der Waals surface area contributed by atoms with Gasteiger partial charge in [-0.1, -0.05) is 25.4 Å². The first-order valence-corrected chi connectivity index (χ1v) is 12.5. The number of benzene rings is 1. The number of aliphatic hydroxyl groups is 1. The molecule has 0 radical (unpaired) electrons. The van der Waals surface area contributed by atoms with Crippen molar-refractivity contribution in [3.05, 3.63) is 64.5 Å². The van der Waals surface area contributed by atoms with Crippen LogP contribution in [0.15, 0.2) is 36.8 Å². The average Bonchev–Trinajstić information content (AvgIpc) is 3.49. The van der Waals surface area contributed by atoms with E-state index in [1.165, 1.54) is 6.07 Å². The van der Waals surface area contributed by atoms with Crippen LogP contribution < -0.4 is 4.74 Å². The SMILES string of the molecule is CCc1nn(C2CCC(O)CC2)cc1-c1cnc2[nH]cc(C(C)c3c(OC)ccc(F)c3Cl)c2c1. The molecule has 2 N–H and O–H groups in total. The molecule has 5 rings (SSSR count). The molecular formula is C27H30ClFN4O2. The van der Waals surface area contributed by atoms with Crippen LogP contribution in [-0.4, -0.2) is 38.1 Å². The van der Waals surface area contributed by atoms with Crippen LogP contribution in [-0.2, 0) is 6.42 Å². The van der Waals surface area contributed by atoms with E-state index in [9.17, 15) is 9.50 Å². The molecule has 8 heteroatoms. The molecule has 1 aromatic carbocycles. The summed E-state index contributed by atoms with van der Waals surface area (Å²) >= 11 is 6.38. The van der Waals surface area contributed by atoms with Crippen molar-refractivity contribution in [2.75, 3.05) is 7.11 Å². The molecule has 1 unspecified atom stereocenters. The molecule has 0 saturated heterocycles. The maximum absolute atomic E-state index is 14.3. The molecular weight excluding hydrogens is 467 g/mol.